The van der Waals surface area contributed by atoms with E-state index in [4.69, 9.17) is 16.7 Å². The van der Waals surface area contributed by atoms with Crippen LogP contribution in [-0.4, -0.2) is 15.7 Å². The third kappa shape index (κ3) is 2.94. The smallest absolute Gasteiger partial charge is 0.0706 e. The molecule has 19 heavy (non-hydrogen) atoms. The van der Waals surface area contributed by atoms with Crippen molar-refractivity contribution in [2.45, 2.75) is 40.7 Å². The van der Waals surface area contributed by atoms with Gasteiger partial charge in [-0.05, 0) is 30.7 Å². The molecule has 0 N–H and O–H groups in total. The molecule has 1 heterocycles. The number of nitrogens with zero attached hydrogens (tertiary/aromatic N) is 2. The van der Waals surface area contributed by atoms with Crippen molar-refractivity contribution in [3.05, 3.63) is 30.0 Å². The van der Waals surface area contributed by atoms with Crippen molar-refractivity contribution in [1.82, 2.24) is 9.78 Å². The van der Waals surface area contributed by atoms with Gasteiger partial charge in [-0.15, -0.1) is 11.6 Å². The van der Waals surface area contributed by atoms with Gasteiger partial charge in [0.25, 0.3) is 0 Å². The molecule has 0 amide bonds. The van der Waals surface area contributed by atoms with Gasteiger partial charge in [-0.2, -0.15) is 5.10 Å². The lowest BCUT2D eigenvalue weighted by Gasteiger charge is -2.28. The normalized spacial score (nSPS) is 13.9. The van der Waals surface area contributed by atoms with Gasteiger partial charge in [0.2, 0.25) is 0 Å². The summed E-state index contributed by atoms with van der Waals surface area (Å²) in [5.74, 6) is 1.12. The largest absolute Gasteiger partial charge is 0.265 e. The van der Waals surface area contributed by atoms with Crippen molar-refractivity contribution >= 4 is 22.5 Å². The number of aromatic nitrogens is 2. The lowest BCUT2D eigenvalue weighted by Crippen LogP contribution is -2.24. The second-order valence-corrected chi connectivity index (χ2v) is 6.51. The molecule has 0 radical (unpaired) electrons. The van der Waals surface area contributed by atoms with E-state index in [1.807, 2.05) is 0 Å². The predicted molar refractivity (Wildman–Crippen MR) is 82.8 cm³/mol. The van der Waals surface area contributed by atoms with Crippen LogP contribution in [0.3, 0.4) is 0 Å². The lowest BCUT2D eigenvalue weighted by atomic mass is 9.79. The Labute approximate surface area is 120 Å². The molecule has 3 heteroatoms. The fourth-order valence-electron chi connectivity index (χ4n) is 2.41. The number of alkyl halides is 1. The Morgan fingerprint density at radius 1 is 1.26 bits per heavy atom. The van der Waals surface area contributed by atoms with Crippen LogP contribution >= 0.6 is 11.6 Å². The van der Waals surface area contributed by atoms with E-state index in [-0.39, 0.29) is 5.41 Å². The molecule has 0 fully saturated rings. The molecule has 1 aromatic carbocycles. The summed E-state index contributed by atoms with van der Waals surface area (Å²) in [5.41, 5.74) is 2.61. The summed E-state index contributed by atoms with van der Waals surface area (Å²) in [5, 5.41) is 6.03. The van der Waals surface area contributed by atoms with Gasteiger partial charge < -0.3 is 0 Å². The highest BCUT2D eigenvalue weighted by molar-refractivity contribution is 6.18. The highest BCUT2D eigenvalue weighted by Crippen LogP contribution is 2.31. The van der Waals surface area contributed by atoms with Crippen LogP contribution in [0.4, 0.5) is 0 Å². The van der Waals surface area contributed by atoms with E-state index in [2.05, 4.69) is 56.6 Å². The van der Waals surface area contributed by atoms with Gasteiger partial charge >= 0.3 is 0 Å². The summed E-state index contributed by atoms with van der Waals surface area (Å²) >= 11 is 6.16. The summed E-state index contributed by atoms with van der Waals surface area (Å²) in [4.78, 5) is 0. The minimum absolute atomic E-state index is 0.207. The predicted octanol–water partition coefficient (Wildman–Crippen LogP) is 4.50. The van der Waals surface area contributed by atoms with E-state index in [0.717, 1.165) is 13.0 Å². The van der Waals surface area contributed by atoms with Crippen molar-refractivity contribution in [2.24, 2.45) is 11.3 Å². The summed E-state index contributed by atoms with van der Waals surface area (Å²) in [6, 6.07) is 8.46. The van der Waals surface area contributed by atoms with E-state index in [1.54, 1.807) is 0 Å². The maximum Gasteiger partial charge on any atom is 0.0706 e. The maximum absolute atomic E-state index is 6.16. The minimum atomic E-state index is 0.207. The Hall–Kier alpha value is -1.02. The first kappa shape index (κ1) is 14.4. The highest BCUT2D eigenvalue weighted by Gasteiger charge is 2.25. The molecule has 0 saturated heterocycles. The van der Waals surface area contributed by atoms with Gasteiger partial charge in [-0.25, -0.2) is 0 Å². The average Bonchev–Trinajstić information content (AvgIpc) is 2.73. The SMILES string of the molecule is CCn1nc(CC(CCl)C(C)(C)C)c2ccccc21. The first-order valence-electron chi connectivity index (χ1n) is 6.97. The summed E-state index contributed by atoms with van der Waals surface area (Å²) in [6.07, 6.45) is 0.945. The number of halogens is 1. The standard InChI is InChI=1S/C16H23ClN2/c1-5-19-15-9-7-6-8-13(15)14(18-19)10-12(11-17)16(2,3)4/h6-9,12H,5,10-11H2,1-4H3. The molecule has 2 nitrogen and oxygen atoms in total. The molecule has 0 aliphatic carbocycles. The minimum Gasteiger partial charge on any atom is -0.265 e. The number of hydrogen-bond acceptors (Lipinski definition) is 1. The van der Waals surface area contributed by atoms with Crippen molar-refractivity contribution in [3.8, 4) is 0 Å². The zero-order valence-corrected chi connectivity index (χ0v) is 13.0. The third-order valence-electron chi connectivity index (χ3n) is 3.88. The molecule has 104 valence electrons. The van der Waals surface area contributed by atoms with Crippen LogP contribution < -0.4 is 0 Å². The number of benzene rings is 1. The van der Waals surface area contributed by atoms with E-state index < -0.39 is 0 Å². The van der Waals surface area contributed by atoms with E-state index in [1.165, 1.54) is 16.6 Å². The van der Waals surface area contributed by atoms with E-state index >= 15 is 0 Å². The number of rotatable bonds is 4. The molecule has 1 unspecified atom stereocenters. The third-order valence-corrected chi connectivity index (χ3v) is 4.26. The average molecular weight is 279 g/mol. The maximum atomic E-state index is 6.16. The van der Waals surface area contributed by atoms with Gasteiger partial charge in [-0.3, -0.25) is 4.68 Å². The molecule has 0 saturated carbocycles. The zero-order chi connectivity index (χ0) is 14.0. The lowest BCUT2D eigenvalue weighted by molar-refractivity contribution is 0.262. The second kappa shape index (κ2) is 5.54. The number of hydrogen-bond donors (Lipinski definition) is 0. The van der Waals surface area contributed by atoms with Crippen molar-refractivity contribution in [2.75, 3.05) is 5.88 Å². The number of aryl methyl sites for hydroxylation is 1. The fraction of sp³-hybridized carbons (Fsp3) is 0.562. The molecular formula is C16H23ClN2. The van der Waals surface area contributed by atoms with Crippen LogP contribution in [0.5, 0.6) is 0 Å². The van der Waals surface area contributed by atoms with Crippen LogP contribution in [0.1, 0.15) is 33.4 Å². The summed E-state index contributed by atoms with van der Waals surface area (Å²) in [6.45, 7) is 9.78. The Morgan fingerprint density at radius 2 is 1.95 bits per heavy atom. The van der Waals surface area contributed by atoms with Crippen LogP contribution in [-0.2, 0) is 13.0 Å². The van der Waals surface area contributed by atoms with Crippen LogP contribution in [0.2, 0.25) is 0 Å². The molecule has 0 bridgehead atoms. The van der Waals surface area contributed by atoms with Crippen LogP contribution in [0.15, 0.2) is 24.3 Å². The molecule has 2 aromatic rings. The van der Waals surface area contributed by atoms with Gasteiger partial charge in [0.1, 0.15) is 0 Å². The van der Waals surface area contributed by atoms with Crippen LogP contribution in [0, 0.1) is 11.3 Å². The Bertz CT molecular complexity index is 551. The van der Waals surface area contributed by atoms with Gasteiger partial charge in [0.15, 0.2) is 0 Å². The Balaban J connectivity index is 2.40. The zero-order valence-electron chi connectivity index (χ0n) is 12.3. The monoisotopic (exact) mass is 278 g/mol. The van der Waals surface area contributed by atoms with Crippen molar-refractivity contribution < 1.29 is 0 Å². The van der Waals surface area contributed by atoms with Crippen molar-refractivity contribution in [3.63, 3.8) is 0 Å². The Morgan fingerprint density at radius 3 is 2.53 bits per heavy atom. The first-order chi connectivity index (χ1) is 8.97. The summed E-state index contributed by atoms with van der Waals surface area (Å²) in [7, 11) is 0. The summed E-state index contributed by atoms with van der Waals surface area (Å²) < 4.78 is 2.08. The number of fused-ring (bicyclic) bond motifs is 1. The molecule has 1 atom stereocenters. The van der Waals surface area contributed by atoms with Gasteiger partial charge in [0.05, 0.1) is 11.2 Å². The molecular weight excluding hydrogens is 256 g/mol. The van der Waals surface area contributed by atoms with Crippen LogP contribution in [0.25, 0.3) is 10.9 Å². The fourth-order valence-corrected chi connectivity index (χ4v) is 2.99. The van der Waals surface area contributed by atoms with E-state index in [0.29, 0.717) is 11.8 Å². The second-order valence-electron chi connectivity index (χ2n) is 6.20. The highest BCUT2D eigenvalue weighted by atomic mass is 35.5. The van der Waals surface area contributed by atoms with E-state index in [9.17, 15) is 0 Å². The molecule has 0 aliphatic heterocycles. The topological polar surface area (TPSA) is 17.8 Å². The first-order valence-corrected chi connectivity index (χ1v) is 7.51. The molecule has 0 aliphatic rings. The molecule has 0 spiro atoms. The Kier molecular flexibility index (Phi) is 4.19. The molecule has 2 rings (SSSR count). The van der Waals surface area contributed by atoms with Crippen molar-refractivity contribution in [1.29, 1.82) is 0 Å². The quantitative estimate of drug-likeness (QED) is 0.753. The van der Waals surface area contributed by atoms with Gasteiger partial charge in [-0.1, -0.05) is 39.0 Å². The molecule has 1 aromatic heterocycles. The van der Waals surface area contributed by atoms with Gasteiger partial charge in [0, 0.05) is 17.8 Å². The number of para-hydroxylation sites is 1.